The van der Waals surface area contributed by atoms with E-state index in [0.29, 0.717) is 6.54 Å². The average Bonchev–Trinajstić information content (AvgIpc) is 2.37. The van der Waals surface area contributed by atoms with Crippen molar-refractivity contribution in [1.82, 2.24) is 4.31 Å². The number of anilines is 1. The van der Waals surface area contributed by atoms with E-state index in [1.807, 2.05) is 20.8 Å². The third kappa shape index (κ3) is 2.92. The van der Waals surface area contributed by atoms with Crippen molar-refractivity contribution in [2.45, 2.75) is 45.1 Å². The summed E-state index contributed by atoms with van der Waals surface area (Å²) in [4.78, 5) is -0.312. The predicted molar refractivity (Wildman–Crippen MR) is 81.8 cm³/mol. The first-order chi connectivity index (χ1) is 9.64. The zero-order chi connectivity index (χ0) is 15.9. The Balaban J connectivity index is 2.51. The Labute approximate surface area is 126 Å². The van der Waals surface area contributed by atoms with Gasteiger partial charge in [-0.1, -0.05) is 13.8 Å². The summed E-state index contributed by atoms with van der Waals surface area (Å²) in [6.07, 6.45) is 0.978. The van der Waals surface area contributed by atoms with Gasteiger partial charge in [-0.15, -0.1) is 0 Å². The van der Waals surface area contributed by atoms with Crippen molar-refractivity contribution in [3.05, 3.63) is 23.5 Å². The highest BCUT2D eigenvalue weighted by Gasteiger charge is 2.38. The lowest BCUT2D eigenvalue weighted by Gasteiger charge is -2.40. The minimum atomic E-state index is -3.87. The molecule has 3 atom stereocenters. The molecule has 118 valence electrons. The molecule has 4 nitrogen and oxygen atoms in total. The number of sulfonamides is 1. The molecule has 3 unspecified atom stereocenters. The van der Waals surface area contributed by atoms with Gasteiger partial charge < -0.3 is 5.73 Å². The van der Waals surface area contributed by atoms with Crippen LogP contribution in [0.5, 0.6) is 0 Å². The summed E-state index contributed by atoms with van der Waals surface area (Å²) in [5.41, 5.74) is 6.21. The number of hydrogen-bond donors (Lipinski definition) is 1. The minimum Gasteiger partial charge on any atom is -0.399 e. The van der Waals surface area contributed by atoms with E-state index in [0.717, 1.165) is 6.42 Å². The van der Waals surface area contributed by atoms with Gasteiger partial charge in [0, 0.05) is 18.3 Å². The van der Waals surface area contributed by atoms with E-state index in [2.05, 4.69) is 0 Å². The minimum absolute atomic E-state index is 0.146. The van der Waals surface area contributed by atoms with Crippen molar-refractivity contribution in [2.24, 2.45) is 11.8 Å². The second kappa shape index (κ2) is 5.57. The van der Waals surface area contributed by atoms with E-state index in [4.69, 9.17) is 5.73 Å². The molecular weight excluding hydrogens is 291 g/mol. The van der Waals surface area contributed by atoms with Gasteiger partial charge in [-0.25, -0.2) is 12.8 Å². The summed E-state index contributed by atoms with van der Waals surface area (Å²) in [5.74, 6) is -0.202. The quantitative estimate of drug-likeness (QED) is 0.854. The first-order valence-electron chi connectivity index (χ1n) is 7.22. The van der Waals surface area contributed by atoms with Gasteiger partial charge in [0.25, 0.3) is 0 Å². The number of piperidine rings is 1. The Kier molecular flexibility index (Phi) is 4.31. The maximum Gasteiger partial charge on any atom is 0.246 e. The smallest absolute Gasteiger partial charge is 0.246 e. The monoisotopic (exact) mass is 314 g/mol. The lowest BCUT2D eigenvalue weighted by molar-refractivity contribution is 0.157. The molecule has 0 bridgehead atoms. The third-order valence-corrected chi connectivity index (χ3v) is 6.33. The van der Waals surface area contributed by atoms with Crippen molar-refractivity contribution < 1.29 is 12.8 Å². The summed E-state index contributed by atoms with van der Waals surface area (Å²) in [6.45, 7) is 7.87. The summed E-state index contributed by atoms with van der Waals surface area (Å²) in [7, 11) is -3.87. The Morgan fingerprint density at radius 1 is 1.29 bits per heavy atom. The molecule has 21 heavy (non-hydrogen) atoms. The number of halogens is 1. The molecule has 1 aliphatic heterocycles. The molecule has 2 rings (SSSR count). The van der Waals surface area contributed by atoms with Gasteiger partial charge in [-0.2, -0.15) is 4.31 Å². The van der Waals surface area contributed by atoms with Crippen LogP contribution in [-0.4, -0.2) is 25.3 Å². The summed E-state index contributed by atoms with van der Waals surface area (Å²) < 4.78 is 41.4. The van der Waals surface area contributed by atoms with Gasteiger partial charge in [-0.05, 0) is 49.8 Å². The van der Waals surface area contributed by atoms with Crippen LogP contribution in [0.4, 0.5) is 10.1 Å². The van der Waals surface area contributed by atoms with Crippen molar-refractivity contribution >= 4 is 15.7 Å². The maximum atomic E-state index is 14.3. The molecule has 1 saturated heterocycles. The zero-order valence-electron chi connectivity index (χ0n) is 12.9. The summed E-state index contributed by atoms with van der Waals surface area (Å²) in [5, 5.41) is 0. The third-order valence-electron chi connectivity index (χ3n) is 4.37. The molecule has 0 aliphatic carbocycles. The van der Waals surface area contributed by atoms with Crippen molar-refractivity contribution in [3.63, 3.8) is 0 Å². The number of benzene rings is 1. The summed E-state index contributed by atoms with van der Waals surface area (Å²) in [6, 6.07) is 2.51. The molecule has 0 spiro atoms. The van der Waals surface area contributed by atoms with Crippen LogP contribution < -0.4 is 5.73 Å². The van der Waals surface area contributed by atoms with Gasteiger partial charge in [-0.3, -0.25) is 0 Å². The van der Waals surface area contributed by atoms with Gasteiger partial charge in [0.15, 0.2) is 0 Å². The second-order valence-electron chi connectivity index (χ2n) is 6.28. The Bertz CT molecular complexity index is 645. The molecular formula is C15H23FN2O2S. The predicted octanol–water partition coefficient (Wildman–Crippen LogP) is 2.77. The molecule has 1 fully saturated rings. The highest BCUT2D eigenvalue weighted by Crippen LogP contribution is 2.33. The van der Waals surface area contributed by atoms with Crippen molar-refractivity contribution in [2.75, 3.05) is 12.3 Å². The van der Waals surface area contributed by atoms with Crippen LogP contribution in [0.2, 0.25) is 0 Å². The van der Waals surface area contributed by atoms with E-state index in [1.54, 1.807) is 0 Å². The molecule has 1 aromatic rings. The first-order valence-corrected chi connectivity index (χ1v) is 8.66. The number of nitrogens with zero attached hydrogens (tertiary/aromatic N) is 1. The number of aryl methyl sites for hydroxylation is 1. The van der Waals surface area contributed by atoms with E-state index in [9.17, 15) is 12.8 Å². The van der Waals surface area contributed by atoms with Gasteiger partial charge in [0.2, 0.25) is 10.0 Å². The lowest BCUT2D eigenvalue weighted by Crippen LogP contribution is -2.48. The Morgan fingerprint density at radius 3 is 2.52 bits per heavy atom. The van der Waals surface area contributed by atoms with Crippen molar-refractivity contribution in [3.8, 4) is 0 Å². The standard InChI is InChI=1S/C15H23FN2O2S/c1-9-5-10(2)12(4)18(8-9)21(19,20)14-7-13(17)6-11(3)15(14)16/h6-7,9-10,12H,5,8,17H2,1-4H3. The summed E-state index contributed by atoms with van der Waals surface area (Å²) >= 11 is 0. The largest absolute Gasteiger partial charge is 0.399 e. The average molecular weight is 314 g/mol. The Hall–Kier alpha value is -1.14. The van der Waals surface area contributed by atoms with E-state index < -0.39 is 15.8 Å². The fourth-order valence-corrected chi connectivity index (χ4v) is 5.08. The topological polar surface area (TPSA) is 63.4 Å². The van der Waals surface area contributed by atoms with Gasteiger partial charge in [0.05, 0.1) is 0 Å². The van der Waals surface area contributed by atoms with Crippen LogP contribution in [0.3, 0.4) is 0 Å². The molecule has 0 amide bonds. The Morgan fingerprint density at radius 2 is 1.90 bits per heavy atom. The van der Waals surface area contributed by atoms with Crippen LogP contribution in [0, 0.1) is 24.6 Å². The van der Waals surface area contributed by atoms with Crippen LogP contribution in [-0.2, 0) is 10.0 Å². The number of rotatable bonds is 2. The molecule has 6 heteroatoms. The van der Waals surface area contributed by atoms with Crippen molar-refractivity contribution in [1.29, 1.82) is 0 Å². The molecule has 1 aromatic carbocycles. The highest BCUT2D eigenvalue weighted by atomic mass is 32.2. The number of nitrogen functional groups attached to an aromatic ring is 1. The molecule has 0 radical (unpaired) electrons. The first kappa shape index (κ1) is 16.2. The van der Waals surface area contributed by atoms with Crippen LogP contribution in [0.15, 0.2) is 17.0 Å². The fourth-order valence-electron chi connectivity index (χ4n) is 3.06. The van der Waals surface area contributed by atoms with Gasteiger partial charge >= 0.3 is 0 Å². The van der Waals surface area contributed by atoms with E-state index in [1.165, 1.54) is 23.4 Å². The molecule has 0 saturated carbocycles. The normalized spacial score (nSPS) is 27.8. The lowest BCUT2D eigenvalue weighted by atomic mass is 9.88. The molecule has 1 aliphatic rings. The highest BCUT2D eigenvalue weighted by molar-refractivity contribution is 7.89. The molecule has 2 N–H and O–H groups in total. The van der Waals surface area contributed by atoms with Gasteiger partial charge in [0.1, 0.15) is 10.7 Å². The number of hydrogen-bond acceptors (Lipinski definition) is 3. The van der Waals surface area contributed by atoms with Crippen LogP contribution in [0.1, 0.15) is 32.8 Å². The van der Waals surface area contributed by atoms with E-state index >= 15 is 0 Å². The number of nitrogens with two attached hydrogens (primary N) is 1. The second-order valence-corrected chi connectivity index (χ2v) is 8.14. The molecule has 1 heterocycles. The zero-order valence-corrected chi connectivity index (χ0v) is 13.7. The van der Waals surface area contributed by atoms with Crippen LogP contribution >= 0.6 is 0 Å². The molecule has 0 aromatic heterocycles. The SMILES string of the molecule is Cc1cc(N)cc(S(=O)(=O)N2CC(C)CC(C)C2C)c1F. The van der Waals surface area contributed by atoms with E-state index in [-0.39, 0.29) is 34.0 Å². The fraction of sp³-hybridized carbons (Fsp3) is 0.600. The maximum absolute atomic E-state index is 14.3. The van der Waals surface area contributed by atoms with Crippen LogP contribution in [0.25, 0.3) is 0 Å².